The zero-order valence-corrected chi connectivity index (χ0v) is 20.2. The molecule has 1 aromatic rings. The van der Waals surface area contributed by atoms with Gasteiger partial charge in [-0.25, -0.2) is 0 Å². The molecule has 176 valence electrons. The Labute approximate surface area is 191 Å². The lowest BCUT2D eigenvalue weighted by Gasteiger charge is -2.32. The molecule has 0 heterocycles. The minimum absolute atomic E-state index is 0.00394. The molecular weight excluding hydrogens is 384 g/mol. The first-order valence-corrected chi connectivity index (χ1v) is 13.2. The highest BCUT2D eigenvalue weighted by atomic mass is 16.5. The van der Waals surface area contributed by atoms with Crippen LogP contribution in [0.15, 0.2) is 24.3 Å². The van der Waals surface area contributed by atoms with Gasteiger partial charge < -0.3 is 9.47 Å². The number of esters is 1. The van der Waals surface area contributed by atoms with Crippen molar-refractivity contribution in [3.63, 3.8) is 0 Å². The number of unbranched alkanes of at least 4 members (excludes halogenated alkanes) is 9. The van der Waals surface area contributed by atoms with E-state index in [1.165, 1.54) is 56.9 Å². The lowest BCUT2D eigenvalue weighted by atomic mass is 9.81. The molecule has 1 saturated carbocycles. The van der Waals surface area contributed by atoms with Crippen molar-refractivity contribution in [1.29, 1.82) is 0 Å². The first kappa shape index (κ1) is 25.7. The van der Waals surface area contributed by atoms with Crippen LogP contribution in [0.25, 0.3) is 0 Å². The number of rotatable bonds is 16. The van der Waals surface area contributed by atoms with E-state index in [1.807, 2.05) is 6.07 Å². The highest BCUT2D eigenvalue weighted by Gasteiger charge is 2.31. The Morgan fingerprint density at radius 3 is 2.23 bits per heavy atom. The number of para-hydroxylation sites is 1. The highest BCUT2D eigenvalue weighted by Crippen LogP contribution is 2.39. The summed E-state index contributed by atoms with van der Waals surface area (Å²) >= 11 is 0. The average Bonchev–Trinajstić information content (AvgIpc) is 2.79. The molecule has 0 aromatic heterocycles. The Bertz CT molecular complexity index is 598. The predicted octanol–water partition coefficient (Wildman–Crippen LogP) is 8.36. The van der Waals surface area contributed by atoms with Crippen molar-refractivity contribution in [2.45, 2.75) is 129 Å². The van der Waals surface area contributed by atoms with E-state index in [1.54, 1.807) is 0 Å². The maximum Gasteiger partial charge on any atom is 0.306 e. The van der Waals surface area contributed by atoms with Gasteiger partial charge in [0, 0.05) is 17.9 Å². The largest absolute Gasteiger partial charge is 0.493 e. The van der Waals surface area contributed by atoms with Gasteiger partial charge in [-0.1, -0.05) is 96.3 Å². The van der Waals surface area contributed by atoms with Gasteiger partial charge in [-0.05, 0) is 38.2 Å². The molecule has 0 radical (unpaired) electrons. The summed E-state index contributed by atoms with van der Waals surface area (Å²) in [7, 11) is 0. The molecule has 0 aliphatic heterocycles. The molecule has 3 nitrogen and oxygen atoms in total. The Kier molecular flexibility index (Phi) is 13.4. The molecule has 0 bridgehead atoms. The monoisotopic (exact) mass is 430 g/mol. The SMILES string of the molecule is CCCCCCCCCCCC(=O)OC1CCCCC1c1ccccc1OCCCC. The molecule has 1 aliphatic carbocycles. The van der Waals surface area contributed by atoms with Gasteiger partial charge in [-0.15, -0.1) is 0 Å². The fourth-order valence-corrected chi connectivity index (χ4v) is 4.65. The zero-order chi connectivity index (χ0) is 22.2. The second kappa shape index (κ2) is 16.2. The number of hydrogen-bond acceptors (Lipinski definition) is 3. The van der Waals surface area contributed by atoms with Crippen molar-refractivity contribution in [2.75, 3.05) is 6.61 Å². The Hall–Kier alpha value is -1.51. The lowest BCUT2D eigenvalue weighted by molar-refractivity contribution is -0.151. The number of ether oxygens (including phenoxy) is 2. The molecule has 31 heavy (non-hydrogen) atoms. The van der Waals surface area contributed by atoms with Crippen LogP contribution in [0.1, 0.15) is 128 Å². The maximum absolute atomic E-state index is 12.5. The standard InChI is InChI=1S/C28H46O3/c1-3-5-7-8-9-10-11-12-13-22-28(29)31-27-21-17-15-19-25(27)24-18-14-16-20-26(24)30-23-6-4-2/h14,16,18,20,25,27H,3-13,15,17,19,21-23H2,1-2H3. The molecule has 0 N–H and O–H groups in total. The molecule has 2 atom stereocenters. The van der Waals surface area contributed by atoms with Crippen molar-refractivity contribution in [3.8, 4) is 5.75 Å². The number of hydrogen-bond donors (Lipinski definition) is 0. The molecular formula is C28H46O3. The third kappa shape index (κ3) is 10.1. The average molecular weight is 431 g/mol. The van der Waals surface area contributed by atoms with E-state index in [9.17, 15) is 4.79 Å². The van der Waals surface area contributed by atoms with Gasteiger partial charge in [0.05, 0.1) is 6.61 Å². The van der Waals surface area contributed by atoms with Crippen LogP contribution >= 0.6 is 0 Å². The number of carbonyl (C=O) groups excluding carboxylic acids is 1. The van der Waals surface area contributed by atoms with Crippen LogP contribution < -0.4 is 4.74 Å². The van der Waals surface area contributed by atoms with E-state index < -0.39 is 0 Å². The van der Waals surface area contributed by atoms with Crippen LogP contribution in [0.2, 0.25) is 0 Å². The smallest absolute Gasteiger partial charge is 0.306 e. The van der Waals surface area contributed by atoms with Crippen LogP contribution in [-0.4, -0.2) is 18.7 Å². The van der Waals surface area contributed by atoms with Crippen molar-refractivity contribution in [1.82, 2.24) is 0 Å². The Balaban J connectivity index is 1.75. The molecule has 0 saturated heterocycles. The second-order valence-electron chi connectivity index (χ2n) is 9.24. The summed E-state index contributed by atoms with van der Waals surface area (Å²) in [5.74, 6) is 1.23. The summed E-state index contributed by atoms with van der Waals surface area (Å²) in [6, 6.07) is 8.36. The van der Waals surface area contributed by atoms with Crippen molar-refractivity contribution in [2.24, 2.45) is 0 Å². The minimum atomic E-state index is -0.00997. The molecule has 1 aliphatic rings. The summed E-state index contributed by atoms with van der Waals surface area (Å²) in [4.78, 5) is 12.5. The van der Waals surface area contributed by atoms with Crippen molar-refractivity contribution in [3.05, 3.63) is 29.8 Å². The number of carbonyl (C=O) groups is 1. The van der Waals surface area contributed by atoms with Crippen LogP contribution in [0.4, 0.5) is 0 Å². The van der Waals surface area contributed by atoms with E-state index in [0.717, 1.165) is 57.3 Å². The predicted molar refractivity (Wildman–Crippen MR) is 130 cm³/mol. The van der Waals surface area contributed by atoms with Crippen LogP contribution in [0, 0.1) is 0 Å². The van der Waals surface area contributed by atoms with Gasteiger partial charge in [0.25, 0.3) is 0 Å². The molecule has 1 aromatic carbocycles. The lowest BCUT2D eigenvalue weighted by Crippen LogP contribution is -2.29. The molecule has 2 rings (SSSR count). The molecule has 0 spiro atoms. The summed E-state index contributed by atoms with van der Waals surface area (Å²) in [5, 5.41) is 0. The Morgan fingerprint density at radius 1 is 0.839 bits per heavy atom. The molecule has 0 amide bonds. The molecule has 3 heteroatoms. The van der Waals surface area contributed by atoms with Gasteiger partial charge in [-0.3, -0.25) is 4.79 Å². The third-order valence-electron chi connectivity index (χ3n) is 6.54. The Morgan fingerprint density at radius 2 is 1.48 bits per heavy atom. The fraction of sp³-hybridized carbons (Fsp3) is 0.750. The van der Waals surface area contributed by atoms with E-state index in [0.29, 0.717) is 6.42 Å². The summed E-state index contributed by atoms with van der Waals surface area (Å²) < 4.78 is 12.1. The van der Waals surface area contributed by atoms with Crippen LogP contribution in [0.5, 0.6) is 5.75 Å². The third-order valence-corrected chi connectivity index (χ3v) is 6.54. The second-order valence-corrected chi connectivity index (χ2v) is 9.24. The summed E-state index contributed by atoms with van der Waals surface area (Å²) in [5.41, 5.74) is 1.22. The quantitative estimate of drug-likeness (QED) is 0.195. The van der Waals surface area contributed by atoms with Gasteiger partial charge in [0.1, 0.15) is 11.9 Å². The zero-order valence-electron chi connectivity index (χ0n) is 20.2. The topological polar surface area (TPSA) is 35.5 Å². The van der Waals surface area contributed by atoms with Crippen molar-refractivity contribution >= 4 is 5.97 Å². The first-order valence-electron chi connectivity index (χ1n) is 13.2. The van der Waals surface area contributed by atoms with E-state index >= 15 is 0 Å². The summed E-state index contributed by atoms with van der Waals surface area (Å²) in [6.45, 7) is 5.19. The highest BCUT2D eigenvalue weighted by molar-refractivity contribution is 5.69. The van der Waals surface area contributed by atoms with Gasteiger partial charge in [0.2, 0.25) is 0 Å². The maximum atomic E-state index is 12.5. The number of benzene rings is 1. The van der Waals surface area contributed by atoms with Gasteiger partial charge >= 0.3 is 5.97 Å². The van der Waals surface area contributed by atoms with E-state index in [4.69, 9.17) is 9.47 Å². The molecule has 1 fully saturated rings. The molecule has 2 unspecified atom stereocenters. The minimum Gasteiger partial charge on any atom is -0.493 e. The van der Waals surface area contributed by atoms with Crippen LogP contribution in [0.3, 0.4) is 0 Å². The van der Waals surface area contributed by atoms with E-state index in [2.05, 4.69) is 32.0 Å². The van der Waals surface area contributed by atoms with E-state index in [-0.39, 0.29) is 18.0 Å². The van der Waals surface area contributed by atoms with Crippen LogP contribution in [-0.2, 0) is 9.53 Å². The normalized spacial score (nSPS) is 18.6. The first-order chi connectivity index (χ1) is 15.3. The van der Waals surface area contributed by atoms with Gasteiger partial charge in [-0.2, -0.15) is 0 Å². The fourth-order valence-electron chi connectivity index (χ4n) is 4.65. The van der Waals surface area contributed by atoms with Crippen molar-refractivity contribution < 1.29 is 14.3 Å². The van der Waals surface area contributed by atoms with Gasteiger partial charge in [0.15, 0.2) is 0 Å². The summed E-state index contributed by atoms with van der Waals surface area (Å²) in [6.07, 6.45) is 18.5.